The molecule has 0 unspecified atom stereocenters. The zero-order chi connectivity index (χ0) is 18.4. The lowest BCUT2D eigenvalue weighted by Crippen LogP contribution is -2.50. The number of carbonyl (C=O) groups is 1. The van der Waals surface area contributed by atoms with Gasteiger partial charge in [0, 0.05) is 6.04 Å². The van der Waals surface area contributed by atoms with Gasteiger partial charge < -0.3 is 15.0 Å². The summed E-state index contributed by atoms with van der Waals surface area (Å²) in [5.41, 5.74) is 0. The molecule has 1 aromatic rings. The molecule has 7 nitrogen and oxygen atoms in total. The van der Waals surface area contributed by atoms with Crippen molar-refractivity contribution in [2.45, 2.75) is 43.7 Å². The van der Waals surface area contributed by atoms with Crippen molar-refractivity contribution in [2.24, 2.45) is 0 Å². The van der Waals surface area contributed by atoms with Crippen LogP contribution in [0.25, 0.3) is 0 Å². The fourth-order valence-corrected chi connectivity index (χ4v) is 3.92. The summed E-state index contributed by atoms with van der Waals surface area (Å²) in [6.07, 6.45) is 1.75. The van der Waals surface area contributed by atoms with Crippen molar-refractivity contribution in [3.05, 3.63) is 24.3 Å². The third kappa shape index (κ3) is 5.69. The van der Waals surface area contributed by atoms with Crippen molar-refractivity contribution < 1.29 is 17.9 Å². The van der Waals surface area contributed by atoms with Gasteiger partial charge in [-0.25, -0.2) is 8.42 Å². The van der Waals surface area contributed by atoms with Gasteiger partial charge in [0.1, 0.15) is 5.75 Å². The number of ether oxygens (including phenoxy) is 1. The van der Waals surface area contributed by atoms with Crippen LogP contribution in [-0.2, 0) is 14.8 Å². The van der Waals surface area contributed by atoms with Gasteiger partial charge in [-0.05, 0) is 71.1 Å². The molecule has 0 aromatic heterocycles. The Bertz CT molecular complexity index is 668. The van der Waals surface area contributed by atoms with Crippen molar-refractivity contribution in [3.63, 3.8) is 0 Å². The van der Waals surface area contributed by atoms with E-state index in [0.29, 0.717) is 12.4 Å². The molecule has 1 aromatic carbocycles. The number of nitrogens with one attached hydrogen (secondary N) is 2. The second-order valence-corrected chi connectivity index (χ2v) is 8.05. The molecule has 1 aliphatic rings. The summed E-state index contributed by atoms with van der Waals surface area (Å²) in [4.78, 5) is 14.6. The fraction of sp³-hybridized carbons (Fsp3) is 0.588. The van der Waals surface area contributed by atoms with E-state index in [1.165, 1.54) is 12.1 Å². The number of hydrogen-bond donors (Lipinski definition) is 2. The normalized spacial score (nSPS) is 17.9. The Morgan fingerprint density at radius 2 is 1.88 bits per heavy atom. The maximum absolute atomic E-state index is 12.4. The molecule has 1 saturated heterocycles. The van der Waals surface area contributed by atoms with Crippen molar-refractivity contribution >= 4 is 15.9 Å². The fourth-order valence-electron chi connectivity index (χ4n) is 2.72. The number of amides is 1. The number of likely N-dealkylation sites (tertiary alicyclic amines) is 1. The summed E-state index contributed by atoms with van der Waals surface area (Å²) in [5, 5.41) is 2.93. The molecule has 0 aliphatic carbocycles. The van der Waals surface area contributed by atoms with Gasteiger partial charge in [0.25, 0.3) is 0 Å². The Morgan fingerprint density at radius 3 is 2.44 bits per heavy atom. The van der Waals surface area contributed by atoms with Gasteiger partial charge in [0.05, 0.1) is 17.5 Å². The molecule has 0 spiro atoms. The standard InChI is InChI=1S/C17H27N3O4S/c1-4-24-15-5-7-16(8-6-15)25(22,23)19-13(2)17(21)18-14-9-11-20(3)12-10-14/h5-8,13-14,19H,4,9-12H2,1-3H3,(H,18,21)/t13-/m1/s1. The van der Waals surface area contributed by atoms with Gasteiger partial charge >= 0.3 is 0 Å². The number of sulfonamides is 1. The van der Waals surface area contributed by atoms with Gasteiger partial charge in [-0.1, -0.05) is 0 Å². The zero-order valence-corrected chi connectivity index (χ0v) is 15.8. The van der Waals surface area contributed by atoms with E-state index in [-0.39, 0.29) is 16.8 Å². The van der Waals surface area contributed by atoms with E-state index in [9.17, 15) is 13.2 Å². The van der Waals surface area contributed by atoms with Crippen LogP contribution >= 0.6 is 0 Å². The third-order valence-electron chi connectivity index (χ3n) is 4.24. The van der Waals surface area contributed by atoms with Crippen molar-refractivity contribution in [3.8, 4) is 5.75 Å². The second kappa shape index (κ2) is 8.64. The molecule has 0 bridgehead atoms. The molecule has 1 amide bonds. The first-order valence-electron chi connectivity index (χ1n) is 8.56. The molecule has 0 radical (unpaired) electrons. The van der Waals surface area contributed by atoms with Crippen LogP contribution in [0.15, 0.2) is 29.2 Å². The molecule has 1 heterocycles. The van der Waals surface area contributed by atoms with Crippen LogP contribution in [0.1, 0.15) is 26.7 Å². The molecule has 2 rings (SSSR count). The third-order valence-corrected chi connectivity index (χ3v) is 5.79. The van der Waals surface area contributed by atoms with Gasteiger partial charge in [-0.3, -0.25) is 4.79 Å². The molecule has 25 heavy (non-hydrogen) atoms. The van der Waals surface area contributed by atoms with E-state index in [1.54, 1.807) is 19.1 Å². The average molecular weight is 369 g/mol. The Kier molecular flexibility index (Phi) is 6.80. The lowest BCUT2D eigenvalue weighted by Gasteiger charge is -2.30. The van der Waals surface area contributed by atoms with Crippen LogP contribution in [0.3, 0.4) is 0 Å². The first kappa shape index (κ1) is 19.7. The maximum atomic E-state index is 12.4. The molecular formula is C17H27N3O4S. The van der Waals surface area contributed by atoms with E-state index in [0.717, 1.165) is 25.9 Å². The highest BCUT2D eigenvalue weighted by Gasteiger charge is 2.25. The topological polar surface area (TPSA) is 87.7 Å². The lowest BCUT2D eigenvalue weighted by molar-refractivity contribution is -0.123. The molecule has 2 N–H and O–H groups in total. The molecule has 140 valence electrons. The van der Waals surface area contributed by atoms with Crippen molar-refractivity contribution in [1.29, 1.82) is 0 Å². The Labute approximate surface area is 149 Å². The summed E-state index contributed by atoms with van der Waals surface area (Å²) >= 11 is 0. The summed E-state index contributed by atoms with van der Waals surface area (Å²) in [6, 6.07) is 5.39. The lowest BCUT2D eigenvalue weighted by atomic mass is 10.1. The zero-order valence-electron chi connectivity index (χ0n) is 15.0. The second-order valence-electron chi connectivity index (χ2n) is 6.33. The maximum Gasteiger partial charge on any atom is 0.241 e. The quantitative estimate of drug-likeness (QED) is 0.748. The van der Waals surface area contributed by atoms with Crippen LogP contribution in [0.5, 0.6) is 5.75 Å². The molecular weight excluding hydrogens is 342 g/mol. The smallest absolute Gasteiger partial charge is 0.241 e. The Hall–Kier alpha value is -1.64. The minimum absolute atomic E-state index is 0.0983. The number of benzene rings is 1. The predicted molar refractivity (Wildman–Crippen MR) is 96.1 cm³/mol. The Morgan fingerprint density at radius 1 is 1.28 bits per heavy atom. The largest absolute Gasteiger partial charge is 0.494 e. The number of nitrogens with zero attached hydrogens (tertiary/aromatic N) is 1. The number of carbonyl (C=O) groups excluding carboxylic acids is 1. The van der Waals surface area contributed by atoms with E-state index in [1.807, 2.05) is 14.0 Å². The average Bonchev–Trinajstić information content (AvgIpc) is 2.57. The van der Waals surface area contributed by atoms with Gasteiger partial charge in [-0.2, -0.15) is 4.72 Å². The van der Waals surface area contributed by atoms with Crippen molar-refractivity contribution in [2.75, 3.05) is 26.7 Å². The summed E-state index contributed by atoms with van der Waals surface area (Å²) < 4.78 is 32.6. The molecule has 1 atom stereocenters. The predicted octanol–water partition coefficient (Wildman–Crippen LogP) is 0.963. The first-order chi connectivity index (χ1) is 11.8. The number of piperidine rings is 1. The first-order valence-corrected chi connectivity index (χ1v) is 10.0. The highest BCUT2D eigenvalue weighted by atomic mass is 32.2. The van der Waals surface area contributed by atoms with Crippen molar-refractivity contribution in [1.82, 2.24) is 14.9 Å². The van der Waals surface area contributed by atoms with E-state index < -0.39 is 16.1 Å². The van der Waals surface area contributed by atoms with Crippen LogP contribution in [0.2, 0.25) is 0 Å². The van der Waals surface area contributed by atoms with Crippen LogP contribution in [0, 0.1) is 0 Å². The minimum atomic E-state index is -3.76. The molecule has 1 aliphatic heterocycles. The summed E-state index contributed by atoms with van der Waals surface area (Å²) in [7, 11) is -1.71. The monoisotopic (exact) mass is 369 g/mol. The van der Waals surface area contributed by atoms with Gasteiger partial charge in [0.2, 0.25) is 15.9 Å². The molecule has 1 fully saturated rings. The highest BCUT2D eigenvalue weighted by molar-refractivity contribution is 7.89. The minimum Gasteiger partial charge on any atom is -0.494 e. The molecule has 8 heteroatoms. The van der Waals surface area contributed by atoms with Crippen LogP contribution < -0.4 is 14.8 Å². The highest BCUT2D eigenvalue weighted by Crippen LogP contribution is 2.16. The van der Waals surface area contributed by atoms with Gasteiger partial charge in [0.15, 0.2) is 0 Å². The summed E-state index contributed by atoms with van der Waals surface area (Å²) in [5.74, 6) is 0.304. The van der Waals surface area contributed by atoms with Crippen LogP contribution in [-0.4, -0.2) is 58.1 Å². The number of hydrogen-bond acceptors (Lipinski definition) is 5. The van der Waals surface area contributed by atoms with E-state index in [2.05, 4.69) is 14.9 Å². The van der Waals surface area contributed by atoms with E-state index >= 15 is 0 Å². The summed E-state index contributed by atoms with van der Waals surface area (Å²) in [6.45, 7) is 5.78. The molecule has 0 saturated carbocycles. The SMILES string of the molecule is CCOc1ccc(S(=O)(=O)N[C@H](C)C(=O)NC2CCN(C)CC2)cc1. The van der Waals surface area contributed by atoms with E-state index in [4.69, 9.17) is 4.74 Å². The van der Waals surface area contributed by atoms with Crippen LogP contribution in [0.4, 0.5) is 0 Å². The van der Waals surface area contributed by atoms with Gasteiger partial charge in [-0.15, -0.1) is 0 Å². The number of rotatable bonds is 7. The Balaban J connectivity index is 1.93.